The zero-order chi connectivity index (χ0) is 10.0. The van der Waals surface area contributed by atoms with Crippen molar-refractivity contribution in [1.29, 1.82) is 0 Å². The van der Waals surface area contributed by atoms with Crippen molar-refractivity contribution < 1.29 is 4.52 Å². The Hall–Kier alpha value is -0.550. The number of rotatable bonds is 5. The maximum atomic E-state index is 5.68. The molecule has 0 spiro atoms. The Bertz CT molecular complexity index is 309. The van der Waals surface area contributed by atoms with Gasteiger partial charge < -0.3 is 10.3 Å². The summed E-state index contributed by atoms with van der Waals surface area (Å²) in [5.74, 6) is 3.45. The van der Waals surface area contributed by atoms with Crippen LogP contribution in [0.25, 0.3) is 0 Å². The molecule has 0 radical (unpaired) electrons. The van der Waals surface area contributed by atoms with Crippen LogP contribution < -0.4 is 5.73 Å². The third kappa shape index (κ3) is 1.79. The van der Waals surface area contributed by atoms with Gasteiger partial charge >= 0.3 is 0 Å². The van der Waals surface area contributed by atoms with Crippen LogP contribution in [-0.4, -0.2) is 22.4 Å². The van der Waals surface area contributed by atoms with E-state index in [1.807, 2.05) is 0 Å². The number of aromatic nitrogens is 2. The van der Waals surface area contributed by atoms with Crippen molar-refractivity contribution in [3.8, 4) is 0 Å². The van der Waals surface area contributed by atoms with E-state index in [2.05, 4.69) is 17.1 Å². The molecule has 4 nitrogen and oxygen atoms in total. The first-order valence-electron chi connectivity index (χ1n) is 4.91. The van der Waals surface area contributed by atoms with E-state index < -0.39 is 0 Å². The largest absolute Gasteiger partial charge is 0.339 e. The number of hydrogen-bond donors (Lipinski definition) is 1. The summed E-state index contributed by atoms with van der Waals surface area (Å²) in [7, 11) is 0. The van der Waals surface area contributed by atoms with E-state index in [-0.39, 0.29) is 5.41 Å². The van der Waals surface area contributed by atoms with Crippen LogP contribution in [0.3, 0.4) is 0 Å². The predicted molar refractivity (Wildman–Crippen MR) is 56.1 cm³/mol. The van der Waals surface area contributed by atoms with E-state index in [0.29, 0.717) is 6.54 Å². The average Bonchev–Trinajstić information content (AvgIpc) is 2.88. The standard InChI is InChI=1S/C9H15N3OS/c1-2-14-5-7-11-8(13-12-7)9(6-10)3-4-9/h2-6,10H2,1H3. The van der Waals surface area contributed by atoms with Gasteiger partial charge in [-0.3, -0.25) is 0 Å². The molecule has 2 rings (SSSR count). The fourth-order valence-electron chi connectivity index (χ4n) is 1.38. The summed E-state index contributed by atoms with van der Waals surface area (Å²) in [6.07, 6.45) is 2.18. The van der Waals surface area contributed by atoms with Crippen LogP contribution in [0.15, 0.2) is 4.52 Å². The molecule has 1 saturated carbocycles. The van der Waals surface area contributed by atoms with Crippen molar-refractivity contribution in [1.82, 2.24) is 10.1 Å². The zero-order valence-electron chi connectivity index (χ0n) is 8.32. The topological polar surface area (TPSA) is 64.9 Å². The van der Waals surface area contributed by atoms with E-state index in [1.165, 1.54) is 0 Å². The first kappa shape index (κ1) is 9.98. The van der Waals surface area contributed by atoms with Crippen molar-refractivity contribution in [2.75, 3.05) is 12.3 Å². The van der Waals surface area contributed by atoms with Gasteiger partial charge in [-0.25, -0.2) is 0 Å². The molecule has 0 unspecified atom stereocenters. The van der Waals surface area contributed by atoms with Gasteiger partial charge in [0.1, 0.15) is 0 Å². The molecule has 0 saturated heterocycles. The first-order chi connectivity index (χ1) is 6.80. The summed E-state index contributed by atoms with van der Waals surface area (Å²) in [5.41, 5.74) is 5.71. The maximum Gasteiger partial charge on any atom is 0.234 e. The molecule has 1 aromatic rings. The molecule has 1 aliphatic carbocycles. The van der Waals surface area contributed by atoms with E-state index >= 15 is 0 Å². The van der Waals surface area contributed by atoms with E-state index in [1.54, 1.807) is 11.8 Å². The molecular formula is C9H15N3OS. The second-order valence-electron chi connectivity index (χ2n) is 3.64. The molecule has 0 amide bonds. The van der Waals surface area contributed by atoms with Gasteiger partial charge in [0.25, 0.3) is 0 Å². The van der Waals surface area contributed by atoms with Crippen LogP contribution in [0.1, 0.15) is 31.5 Å². The summed E-state index contributed by atoms with van der Waals surface area (Å²) in [4.78, 5) is 4.37. The summed E-state index contributed by atoms with van der Waals surface area (Å²) >= 11 is 1.80. The Labute approximate surface area is 87.6 Å². The Morgan fingerprint density at radius 1 is 1.57 bits per heavy atom. The normalized spacial score (nSPS) is 18.4. The summed E-state index contributed by atoms with van der Waals surface area (Å²) in [6, 6.07) is 0. The molecule has 0 bridgehead atoms. The lowest BCUT2D eigenvalue weighted by molar-refractivity contribution is 0.344. The molecular weight excluding hydrogens is 198 g/mol. The molecule has 1 heterocycles. The number of nitrogens with zero attached hydrogens (tertiary/aromatic N) is 2. The summed E-state index contributed by atoms with van der Waals surface area (Å²) in [6.45, 7) is 2.74. The highest BCUT2D eigenvalue weighted by atomic mass is 32.2. The van der Waals surface area contributed by atoms with Crippen LogP contribution in [0.4, 0.5) is 0 Å². The third-order valence-corrected chi connectivity index (χ3v) is 3.47. The van der Waals surface area contributed by atoms with E-state index in [0.717, 1.165) is 36.1 Å². The second-order valence-corrected chi connectivity index (χ2v) is 4.91. The van der Waals surface area contributed by atoms with Gasteiger partial charge in [0.15, 0.2) is 5.82 Å². The van der Waals surface area contributed by atoms with Gasteiger partial charge in [-0.1, -0.05) is 12.1 Å². The average molecular weight is 213 g/mol. The van der Waals surface area contributed by atoms with Crippen LogP contribution in [0, 0.1) is 0 Å². The molecule has 5 heteroatoms. The molecule has 0 atom stereocenters. The number of hydrogen-bond acceptors (Lipinski definition) is 5. The van der Waals surface area contributed by atoms with Gasteiger partial charge in [0.2, 0.25) is 5.89 Å². The lowest BCUT2D eigenvalue weighted by Crippen LogP contribution is -2.20. The highest BCUT2D eigenvalue weighted by molar-refractivity contribution is 7.98. The summed E-state index contributed by atoms with van der Waals surface area (Å²) in [5, 5.41) is 3.95. The Morgan fingerprint density at radius 2 is 2.36 bits per heavy atom. The Morgan fingerprint density at radius 3 is 2.93 bits per heavy atom. The maximum absolute atomic E-state index is 5.68. The van der Waals surface area contributed by atoms with Crippen molar-refractivity contribution >= 4 is 11.8 Å². The highest BCUT2D eigenvalue weighted by Crippen LogP contribution is 2.46. The SMILES string of the molecule is CCSCc1noc(C2(CN)CC2)n1. The third-order valence-electron chi connectivity index (χ3n) is 2.60. The molecule has 78 valence electrons. The van der Waals surface area contributed by atoms with Crippen molar-refractivity contribution in [3.05, 3.63) is 11.7 Å². The van der Waals surface area contributed by atoms with Crippen LogP contribution in [0.5, 0.6) is 0 Å². The quantitative estimate of drug-likeness (QED) is 0.799. The van der Waals surface area contributed by atoms with Gasteiger partial charge in [-0.05, 0) is 18.6 Å². The van der Waals surface area contributed by atoms with Gasteiger partial charge in [0.05, 0.1) is 11.2 Å². The molecule has 1 fully saturated rings. The van der Waals surface area contributed by atoms with Crippen LogP contribution >= 0.6 is 11.8 Å². The lowest BCUT2D eigenvalue weighted by atomic mass is 10.1. The second kappa shape index (κ2) is 3.90. The first-order valence-corrected chi connectivity index (χ1v) is 6.07. The fourth-order valence-corrected chi connectivity index (χ4v) is 1.88. The minimum Gasteiger partial charge on any atom is -0.339 e. The molecule has 1 aromatic heterocycles. The van der Waals surface area contributed by atoms with Gasteiger partial charge in [0, 0.05) is 6.54 Å². The molecule has 1 aliphatic rings. The molecule has 2 N–H and O–H groups in total. The number of nitrogens with two attached hydrogens (primary N) is 1. The van der Waals surface area contributed by atoms with Crippen molar-refractivity contribution in [3.63, 3.8) is 0 Å². The molecule has 0 aliphatic heterocycles. The lowest BCUT2D eigenvalue weighted by Gasteiger charge is -2.03. The van der Waals surface area contributed by atoms with E-state index in [4.69, 9.17) is 10.3 Å². The predicted octanol–water partition coefficient (Wildman–Crippen LogP) is 1.31. The van der Waals surface area contributed by atoms with Gasteiger partial charge in [-0.15, -0.1) is 0 Å². The van der Waals surface area contributed by atoms with Crippen LogP contribution in [-0.2, 0) is 11.2 Å². The molecule has 14 heavy (non-hydrogen) atoms. The molecule has 0 aromatic carbocycles. The minimum atomic E-state index is 0.0299. The number of thioether (sulfide) groups is 1. The smallest absolute Gasteiger partial charge is 0.234 e. The Kier molecular flexibility index (Phi) is 2.78. The van der Waals surface area contributed by atoms with Crippen molar-refractivity contribution in [2.45, 2.75) is 30.9 Å². The summed E-state index contributed by atoms with van der Waals surface area (Å²) < 4.78 is 5.23. The fraction of sp³-hybridized carbons (Fsp3) is 0.778. The highest BCUT2D eigenvalue weighted by Gasteiger charge is 2.48. The monoisotopic (exact) mass is 213 g/mol. The Balaban J connectivity index is 2.03. The van der Waals surface area contributed by atoms with E-state index in [9.17, 15) is 0 Å². The van der Waals surface area contributed by atoms with Crippen molar-refractivity contribution in [2.24, 2.45) is 5.73 Å². The minimum absolute atomic E-state index is 0.0299. The van der Waals surface area contributed by atoms with Crippen LogP contribution in [0.2, 0.25) is 0 Å². The zero-order valence-corrected chi connectivity index (χ0v) is 9.14. The van der Waals surface area contributed by atoms with Gasteiger partial charge in [-0.2, -0.15) is 16.7 Å².